The van der Waals surface area contributed by atoms with Gasteiger partial charge in [-0.3, -0.25) is 19.2 Å². The van der Waals surface area contributed by atoms with E-state index in [0.717, 1.165) is 77.0 Å². The van der Waals surface area contributed by atoms with Gasteiger partial charge in [0.25, 0.3) is 5.41 Å². The number of ether oxygens (including phenoxy) is 4. The van der Waals surface area contributed by atoms with Gasteiger partial charge < -0.3 is 18.9 Å². The van der Waals surface area contributed by atoms with Crippen LogP contribution in [0.1, 0.15) is 90.4 Å². The van der Waals surface area contributed by atoms with E-state index in [-0.39, 0.29) is 56.5 Å². The molecule has 5 atom stereocenters. The first-order valence-corrected chi connectivity index (χ1v) is 16.7. The Morgan fingerprint density at radius 1 is 0.545 bits per heavy atom. The van der Waals surface area contributed by atoms with Crippen molar-refractivity contribution < 1.29 is 38.1 Å². The molecule has 4 aliphatic carbocycles. The molecule has 0 radical (unpaired) electrons. The van der Waals surface area contributed by atoms with E-state index in [0.29, 0.717) is 0 Å². The van der Waals surface area contributed by atoms with Crippen LogP contribution in [0.3, 0.4) is 0 Å². The van der Waals surface area contributed by atoms with Crippen molar-refractivity contribution in [2.24, 2.45) is 35.0 Å². The van der Waals surface area contributed by atoms with E-state index >= 15 is 0 Å². The van der Waals surface area contributed by atoms with Gasteiger partial charge in [-0.2, -0.15) is 0 Å². The normalized spacial score (nSPS) is 26.7. The molecule has 0 spiro atoms. The highest BCUT2D eigenvalue weighted by molar-refractivity contribution is 6.20. The molecule has 0 saturated heterocycles. The van der Waals surface area contributed by atoms with Crippen molar-refractivity contribution in [2.75, 3.05) is 26.4 Å². The summed E-state index contributed by atoms with van der Waals surface area (Å²) in [6.07, 6.45) is 26.4. The van der Waals surface area contributed by atoms with Crippen LogP contribution in [0.2, 0.25) is 0 Å². The Hall–Kier alpha value is -3.16. The van der Waals surface area contributed by atoms with Gasteiger partial charge in [-0.25, -0.2) is 0 Å². The maximum atomic E-state index is 14.2. The fourth-order valence-electron chi connectivity index (χ4n) is 6.58. The first-order valence-electron chi connectivity index (χ1n) is 16.7. The number of carbonyl (C=O) groups is 4. The molecule has 4 rings (SSSR count). The molecule has 4 aliphatic rings. The van der Waals surface area contributed by atoms with Crippen LogP contribution in [0.25, 0.3) is 0 Å². The fourth-order valence-corrected chi connectivity index (χ4v) is 6.58. The minimum Gasteiger partial charge on any atom is -0.465 e. The Labute approximate surface area is 262 Å². The maximum absolute atomic E-state index is 14.2. The van der Waals surface area contributed by atoms with Gasteiger partial charge in [-0.05, 0) is 107 Å². The molecule has 0 saturated carbocycles. The zero-order valence-corrected chi connectivity index (χ0v) is 26.3. The Morgan fingerprint density at radius 3 is 1.14 bits per heavy atom. The second-order valence-electron chi connectivity index (χ2n) is 12.8. The SMILES string of the molecule is CCC(C(=O)OCC1CC=CCC1)C(C(=O)OCC1CC=CCC1)(C(=O)OCC1CC=CCC1)C(=O)OCC1CC=CCC1. The number of hydrogen-bond acceptors (Lipinski definition) is 8. The zero-order chi connectivity index (χ0) is 31.2. The minimum absolute atomic E-state index is 0.00674. The molecular formula is C36H50O8. The summed E-state index contributed by atoms with van der Waals surface area (Å²) in [6.45, 7) is 1.92. The number of rotatable bonds is 14. The van der Waals surface area contributed by atoms with Crippen molar-refractivity contribution in [2.45, 2.75) is 90.4 Å². The van der Waals surface area contributed by atoms with Crippen molar-refractivity contribution in [3.8, 4) is 0 Å². The summed E-state index contributed by atoms with van der Waals surface area (Å²) in [5.74, 6) is -5.17. The summed E-state index contributed by atoms with van der Waals surface area (Å²) >= 11 is 0. The third-order valence-electron chi connectivity index (χ3n) is 9.50. The molecule has 0 aromatic carbocycles. The second kappa shape index (κ2) is 17.4. The van der Waals surface area contributed by atoms with Crippen LogP contribution in [0, 0.1) is 35.0 Å². The van der Waals surface area contributed by atoms with E-state index < -0.39 is 35.2 Å². The van der Waals surface area contributed by atoms with Gasteiger partial charge in [0.1, 0.15) is 0 Å². The molecular weight excluding hydrogens is 560 g/mol. The third kappa shape index (κ3) is 8.95. The number of allylic oxidation sites excluding steroid dienone is 8. The van der Waals surface area contributed by atoms with E-state index in [9.17, 15) is 19.2 Å². The molecule has 0 N–H and O–H groups in total. The van der Waals surface area contributed by atoms with Crippen molar-refractivity contribution >= 4 is 23.9 Å². The van der Waals surface area contributed by atoms with Crippen molar-refractivity contribution in [3.63, 3.8) is 0 Å². The number of carbonyl (C=O) groups excluding carboxylic acids is 4. The summed E-state index contributed by atoms with van der Waals surface area (Å²) in [7, 11) is 0. The summed E-state index contributed by atoms with van der Waals surface area (Å²) in [4.78, 5) is 56.5. The standard InChI is InChI=1S/C36H50O8/c1-2-31(32(37)41-23-27-15-7-3-8-16-27)36(33(38)42-24-28-17-9-4-10-18-28,34(39)43-25-29-19-11-5-12-20-29)35(40)44-26-30-21-13-6-14-22-30/h3-7,9,11,13,27-31H,2,8,10,12,14-26H2,1H3. The molecule has 0 aromatic heterocycles. The topological polar surface area (TPSA) is 105 Å². The summed E-state index contributed by atoms with van der Waals surface area (Å²) in [6, 6.07) is 0. The Morgan fingerprint density at radius 2 is 0.864 bits per heavy atom. The van der Waals surface area contributed by atoms with E-state index in [4.69, 9.17) is 18.9 Å². The van der Waals surface area contributed by atoms with E-state index in [1.165, 1.54) is 0 Å². The Bertz CT molecular complexity index is 1000. The lowest BCUT2D eigenvalue weighted by molar-refractivity contribution is -0.196. The molecule has 0 aliphatic heterocycles. The lowest BCUT2D eigenvalue weighted by atomic mass is 9.73. The van der Waals surface area contributed by atoms with Crippen molar-refractivity contribution in [3.05, 3.63) is 48.6 Å². The lowest BCUT2D eigenvalue weighted by Gasteiger charge is -2.34. The first kappa shape index (κ1) is 33.7. The molecule has 242 valence electrons. The quantitative estimate of drug-likeness (QED) is 0.0938. The Balaban J connectivity index is 1.62. The van der Waals surface area contributed by atoms with Gasteiger partial charge in [-0.15, -0.1) is 0 Å². The van der Waals surface area contributed by atoms with Gasteiger partial charge in [0.05, 0.1) is 32.3 Å². The molecule has 0 aromatic rings. The van der Waals surface area contributed by atoms with Gasteiger partial charge in [0.15, 0.2) is 0 Å². The summed E-state index contributed by atoms with van der Waals surface area (Å²) in [5.41, 5.74) is -2.61. The van der Waals surface area contributed by atoms with Gasteiger partial charge in [0, 0.05) is 0 Å². The van der Waals surface area contributed by atoms with E-state index in [2.05, 4.69) is 30.4 Å². The zero-order valence-electron chi connectivity index (χ0n) is 26.3. The fraction of sp³-hybridized carbons (Fsp3) is 0.667. The molecule has 8 nitrogen and oxygen atoms in total. The van der Waals surface area contributed by atoms with Crippen LogP contribution in [0.5, 0.6) is 0 Å². The summed E-state index contributed by atoms with van der Waals surface area (Å²) < 4.78 is 23.1. The lowest BCUT2D eigenvalue weighted by Crippen LogP contribution is -2.57. The van der Waals surface area contributed by atoms with Crippen LogP contribution in [-0.4, -0.2) is 50.3 Å². The molecule has 0 bridgehead atoms. The smallest absolute Gasteiger partial charge is 0.336 e. The summed E-state index contributed by atoms with van der Waals surface area (Å²) in [5, 5.41) is 0. The van der Waals surface area contributed by atoms with Crippen molar-refractivity contribution in [1.29, 1.82) is 0 Å². The Kier molecular flexibility index (Phi) is 13.3. The second-order valence-corrected chi connectivity index (χ2v) is 12.8. The van der Waals surface area contributed by atoms with Crippen LogP contribution in [0.4, 0.5) is 0 Å². The average molecular weight is 611 g/mol. The van der Waals surface area contributed by atoms with Gasteiger partial charge in [-0.1, -0.05) is 55.5 Å². The number of hydrogen-bond donors (Lipinski definition) is 0. The van der Waals surface area contributed by atoms with E-state index in [1.807, 2.05) is 18.2 Å². The monoisotopic (exact) mass is 610 g/mol. The van der Waals surface area contributed by atoms with E-state index in [1.54, 1.807) is 6.92 Å². The highest BCUT2D eigenvalue weighted by Gasteiger charge is 2.65. The molecule has 5 unspecified atom stereocenters. The predicted molar refractivity (Wildman–Crippen MR) is 166 cm³/mol. The predicted octanol–water partition coefficient (Wildman–Crippen LogP) is 6.60. The first-order chi connectivity index (χ1) is 21.4. The molecule has 44 heavy (non-hydrogen) atoms. The highest BCUT2D eigenvalue weighted by Crippen LogP contribution is 2.39. The van der Waals surface area contributed by atoms with Gasteiger partial charge >= 0.3 is 23.9 Å². The van der Waals surface area contributed by atoms with Crippen LogP contribution in [0.15, 0.2) is 48.6 Å². The third-order valence-corrected chi connectivity index (χ3v) is 9.50. The van der Waals surface area contributed by atoms with Crippen LogP contribution < -0.4 is 0 Å². The minimum atomic E-state index is -2.61. The van der Waals surface area contributed by atoms with Crippen LogP contribution >= 0.6 is 0 Å². The van der Waals surface area contributed by atoms with Crippen LogP contribution in [-0.2, 0) is 38.1 Å². The largest absolute Gasteiger partial charge is 0.465 e. The molecule has 0 amide bonds. The average Bonchev–Trinajstić information content (AvgIpc) is 3.08. The maximum Gasteiger partial charge on any atom is 0.336 e. The van der Waals surface area contributed by atoms with Crippen molar-refractivity contribution in [1.82, 2.24) is 0 Å². The number of esters is 4. The highest BCUT2D eigenvalue weighted by atomic mass is 16.6. The molecule has 0 fully saturated rings. The molecule has 0 heterocycles. The molecule has 8 heteroatoms. The van der Waals surface area contributed by atoms with Gasteiger partial charge in [0.2, 0.25) is 0 Å².